The van der Waals surface area contributed by atoms with Gasteiger partial charge in [-0.25, -0.2) is 0 Å². The zero-order valence-corrected chi connectivity index (χ0v) is 11.1. The summed E-state index contributed by atoms with van der Waals surface area (Å²) in [5.74, 6) is 0. The Morgan fingerprint density at radius 3 is 2.00 bits per heavy atom. The van der Waals surface area contributed by atoms with Crippen LogP contribution in [0.2, 0.25) is 0 Å². The molecule has 14 heavy (non-hydrogen) atoms. The first-order valence-corrected chi connectivity index (χ1v) is 6.08. The van der Waals surface area contributed by atoms with E-state index in [1.807, 2.05) is 27.7 Å². The van der Waals surface area contributed by atoms with Gasteiger partial charge in [0.25, 0.3) is 0 Å². The highest BCUT2D eigenvalue weighted by Crippen LogP contribution is 2.17. The van der Waals surface area contributed by atoms with Crippen molar-refractivity contribution >= 4 is 0 Å². The molecule has 1 atom stereocenters. The van der Waals surface area contributed by atoms with Crippen LogP contribution in [0.25, 0.3) is 0 Å². The minimum Gasteiger partial charge on any atom is -0.325 e. The molecule has 88 valence electrons. The summed E-state index contributed by atoms with van der Waals surface area (Å²) in [6.07, 6.45) is 3.57. The van der Waals surface area contributed by atoms with Crippen LogP contribution in [-0.4, -0.2) is 30.6 Å². The fourth-order valence-corrected chi connectivity index (χ4v) is 1.44. The summed E-state index contributed by atoms with van der Waals surface area (Å²) in [6.45, 7) is 12.5. The first-order chi connectivity index (χ1) is 6.60. The minimum absolute atomic E-state index is 0.102. The molecule has 0 aromatic heterocycles. The second kappa shape index (κ2) is 9.47. The van der Waals surface area contributed by atoms with Gasteiger partial charge in [0.15, 0.2) is 0 Å². The highest BCUT2D eigenvalue weighted by Gasteiger charge is 2.21. The van der Waals surface area contributed by atoms with E-state index in [9.17, 15) is 0 Å². The Morgan fingerprint density at radius 1 is 1.00 bits per heavy atom. The molecule has 2 N–H and O–H groups in total. The zero-order chi connectivity index (χ0) is 11.6. The second-order valence-corrected chi connectivity index (χ2v) is 3.81. The molecule has 1 heterocycles. The van der Waals surface area contributed by atoms with Gasteiger partial charge in [-0.1, -0.05) is 27.7 Å². The third-order valence-corrected chi connectivity index (χ3v) is 2.35. The van der Waals surface area contributed by atoms with Crippen molar-refractivity contribution in [2.24, 2.45) is 5.73 Å². The molecule has 0 aromatic rings. The van der Waals surface area contributed by atoms with E-state index >= 15 is 0 Å². The van der Waals surface area contributed by atoms with Crippen molar-refractivity contribution in [2.75, 3.05) is 20.1 Å². The molecule has 0 aromatic carbocycles. The van der Waals surface area contributed by atoms with Crippen molar-refractivity contribution in [3.05, 3.63) is 0 Å². The van der Waals surface area contributed by atoms with E-state index < -0.39 is 0 Å². The van der Waals surface area contributed by atoms with E-state index in [1.165, 1.54) is 19.4 Å². The Balaban J connectivity index is 0. The molecule has 2 heteroatoms. The first kappa shape index (κ1) is 16.4. The highest BCUT2D eigenvalue weighted by atomic mass is 15.1. The van der Waals surface area contributed by atoms with Crippen LogP contribution in [-0.2, 0) is 0 Å². The Labute approximate surface area is 90.9 Å². The van der Waals surface area contributed by atoms with Crippen molar-refractivity contribution in [3.8, 4) is 0 Å². The second-order valence-electron chi connectivity index (χ2n) is 3.81. The van der Waals surface area contributed by atoms with E-state index in [2.05, 4.69) is 18.9 Å². The predicted molar refractivity (Wildman–Crippen MR) is 66.6 cm³/mol. The van der Waals surface area contributed by atoms with Crippen LogP contribution < -0.4 is 5.73 Å². The Hall–Kier alpha value is -0.0800. The van der Waals surface area contributed by atoms with Gasteiger partial charge in [-0.2, -0.15) is 0 Å². The van der Waals surface area contributed by atoms with E-state index in [0.717, 1.165) is 13.0 Å². The van der Waals surface area contributed by atoms with Crippen molar-refractivity contribution < 1.29 is 0 Å². The lowest BCUT2D eigenvalue weighted by atomic mass is 9.95. The molecule has 0 aliphatic carbocycles. The highest BCUT2D eigenvalue weighted by molar-refractivity contribution is 4.82. The summed E-state index contributed by atoms with van der Waals surface area (Å²) in [7, 11) is 2.17. The number of hydrogen-bond acceptors (Lipinski definition) is 2. The molecule has 0 amide bonds. The monoisotopic (exact) mass is 202 g/mol. The average Bonchev–Trinajstić information content (AvgIpc) is 2.35. The molecule has 0 radical (unpaired) electrons. The summed E-state index contributed by atoms with van der Waals surface area (Å²) in [6, 6.07) is 0. The Kier molecular flexibility index (Phi) is 11.1. The van der Waals surface area contributed by atoms with Gasteiger partial charge in [0.1, 0.15) is 0 Å². The fraction of sp³-hybridized carbons (Fsp3) is 1.00. The predicted octanol–water partition coefficient (Wildman–Crippen LogP) is 2.87. The summed E-state index contributed by atoms with van der Waals surface area (Å²) < 4.78 is 0. The van der Waals surface area contributed by atoms with Crippen LogP contribution >= 0.6 is 0 Å². The smallest absolute Gasteiger partial charge is 0.0138 e. The topological polar surface area (TPSA) is 29.3 Å². The lowest BCUT2D eigenvalue weighted by molar-refractivity contribution is 0.335. The van der Waals surface area contributed by atoms with E-state index in [4.69, 9.17) is 5.73 Å². The van der Waals surface area contributed by atoms with Crippen LogP contribution in [0.5, 0.6) is 0 Å². The van der Waals surface area contributed by atoms with E-state index in [1.54, 1.807) is 0 Å². The SMILES string of the molecule is CC.CC.CN1CCCC(C)(N)CC1. The van der Waals surface area contributed by atoms with Gasteiger partial charge in [-0.05, 0) is 46.3 Å². The maximum atomic E-state index is 6.01. The molecule has 0 bridgehead atoms. The van der Waals surface area contributed by atoms with Crippen LogP contribution in [0.4, 0.5) is 0 Å². The molecular weight excluding hydrogens is 172 g/mol. The maximum Gasteiger partial charge on any atom is 0.0138 e. The van der Waals surface area contributed by atoms with Gasteiger partial charge < -0.3 is 10.6 Å². The maximum absolute atomic E-state index is 6.01. The third-order valence-electron chi connectivity index (χ3n) is 2.35. The lowest BCUT2D eigenvalue weighted by Crippen LogP contribution is -2.36. The zero-order valence-electron chi connectivity index (χ0n) is 11.1. The molecule has 1 saturated heterocycles. The largest absolute Gasteiger partial charge is 0.325 e. The molecule has 2 nitrogen and oxygen atoms in total. The number of hydrogen-bond donors (Lipinski definition) is 1. The molecule has 0 spiro atoms. The van der Waals surface area contributed by atoms with E-state index in [0.29, 0.717) is 0 Å². The molecule has 1 rings (SSSR count). The Bertz CT molecular complexity index is 111. The number of nitrogens with two attached hydrogens (primary N) is 1. The van der Waals surface area contributed by atoms with Crippen molar-refractivity contribution in [1.82, 2.24) is 4.90 Å². The standard InChI is InChI=1S/C8H18N2.2C2H6/c1-8(9)4-3-6-10(2)7-5-8;2*1-2/h3-7,9H2,1-2H3;2*1-2H3. The van der Waals surface area contributed by atoms with E-state index in [-0.39, 0.29) is 5.54 Å². The molecule has 1 fully saturated rings. The number of nitrogens with zero attached hydrogens (tertiary/aromatic N) is 1. The van der Waals surface area contributed by atoms with Crippen molar-refractivity contribution in [2.45, 2.75) is 59.4 Å². The quantitative estimate of drug-likeness (QED) is 0.654. The fourth-order valence-electron chi connectivity index (χ4n) is 1.44. The van der Waals surface area contributed by atoms with Gasteiger partial charge in [0, 0.05) is 5.54 Å². The minimum atomic E-state index is 0.102. The van der Waals surface area contributed by atoms with Gasteiger partial charge in [0.05, 0.1) is 0 Å². The summed E-state index contributed by atoms with van der Waals surface area (Å²) >= 11 is 0. The summed E-state index contributed by atoms with van der Waals surface area (Å²) in [4.78, 5) is 2.36. The molecule has 0 saturated carbocycles. The lowest BCUT2D eigenvalue weighted by Gasteiger charge is -2.21. The summed E-state index contributed by atoms with van der Waals surface area (Å²) in [5.41, 5.74) is 6.12. The average molecular weight is 202 g/mol. The van der Waals surface area contributed by atoms with Crippen LogP contribution in [0, 0.1) is 0 Å². The first-order valence-electron chi connectivity index (χ1n) is 6.08. The summed E-state index contributed by atoms with van der Waals surface area (Å²) in [5, 5.41) is 0. The van der Waals surface area contributed by atoms with Gasteiger partial charge in [-0.15, -0.1) is 0 Å². The molecule has 1 aliphatic rings. The molecule has 1 aliphatic heterocycles. The van der Waals surface area contributed by atoms with Crippen LogP contribution in [0.15, 0.2) is 0 Å². The Morgan fingerprint density at radius 2 is 1.50 bits per heavy atom. The van der Waals surface area contributed by atoms with Crippen LogP contribution in [0.3, 0.4) is 0 Å². The van der Waals surface area contributed by atoms with Crippen LogP contribution in [0.1, 0.15) is 53.9 Å². The van der Waals surface area contributed by atoms with Gasteiger partial charge in [-0.3, -0.25) is 0 Å². The number of rotatable bonds is 0. The number of likely N-dealkylation sites (tertiary alicyclic amines) is 1. The van der Waals surface area contributed by atoms with Gasteiger partial charge >= 0.3 is 0 Å². The molecular formula is C12H30N2. The third kappa shape index (κ3) is 8.52. The molecule has 1 unspecified atom stereocenters. The van der Waals surface area contributed by atoms with Crippen molar-refractivity contribution in [3.63, 3.8) is 0 Å². The normalized spacial score (nSPS) is 27.6. The van der Waals surface area contributed by atoms with Crippen molar-refractivity contribution in [1.29, 1.82) is 0 Å². The van der Waals surface area contributed by atoms with Gasteiger partial charge in [0.2, 0.25) is 0 Å².